The molecule has 3 rings (SSSR count). The average Bonchev–Trinajstić information content (AvgIpc) is 3.15. The Balaban J connectivity index is 1.61. The zero-order valence-corrected chi connectivity index (χ0v) is 15.8. The number of rotatable bonds is 6. The Morgan fingerprint density at radius 2 is 1.85 bits per heavy atom. The van der Waals surface area contributed by atoms with Crippen LogP contribution in [0.15, 0.2) is 35.1 Å². The van der Waals surface area contributed by atoms with E-state index >= 15 is 0 Å². The number of hydrogen-bond donors (Lipinski definition) is 3. The summed E-state index contributed by atoms with van der Waals surface area (Å²) in [5, 5.41) is 6.07. The number of nitrogens with zero attached hydrogens (tertiary/aromatic N) is 1. The largest absolute Gasteiger partial charge is 0.354 e. The quantitative estimate of drug-likeness (QED) is 0.695. The summed E-state index contributed by atoms with van der Waals surface area (Å²) >= 11 is 0. The van der Waals surface area contributed by atoms with Gasteiger partial charge >= 0.3 is 0 Å². The highest BCUT2D eigenvalue weighted by molar-refractivity contribution is 5.93. The van der Waals surface area contributed by atoms with Gasteiger partial charge in [0.2, 0.25) is 11.9 Å². The van der Waals surface area contributed by atoms with Crippen molar-refractivity contribution < 1.29 is 4.79 Å². The highest BCUT2D eigenvalue weighted by atomic mass is 16.2. The first-order valence-electron chi connectivity index (χ1n) is 8.92. The van der Waals surface area contributed by atoms with E-state index in [2.05, 4.69) is 58.7 Å². The summed E-state index contributed by atoms with van der Waals surface area (Å²) in [6.45, 7) is 9.02. The van der Waals surface area contributed by atoms with Gasteiger partial charge in [-0.1, -0.05) is 43.7 Å². The van der Waals surface area contributed by atoms with Gasteiger partial charge in [0.1, 0.15) is 0 Å². The number of nitrogens with one attached hydrogen (secondary N) is 3. The SMILES string of the molecule is Cc1ccc(C2(C(=O)NCCNc3nc(C)cc(=O)[nH]3)CC2(C)C)cc1. The van der Waals surface area contributed by atoms with E-state index in [0.717, 1.165) is 12.0 Å². The molecule has 1 fully saturated rings. The zero-order valence-electron chi connectivity index (χ0n) is 15.8. The van der Waals surface area contributed by atoms with Gasteiger partial charge in [-0.25, -0.2) is 4.98 Å². The van der Waals surface area contributed by atoms with Crippen LogP contribution < -0.4 is 16.2 Å². The van der Waals surface area contributed by atoms with Gasteiger partial charge in [0, 0.05) is 24.8 Å². The number of aromatic nitrogens is 2. The fourth-order valence-corrected chi connectivity index (χ4v) is 3.64. The number of hydrogen-bond acceptors (Lipinski definition) is 4. The maximum absolute atomic E-state index is 12.9. The monoisotopic (exact) mass is 354 g/mol. The molecular formula is C20H26N4O2. The van der Waals surface area contributed by atoms with Gasteiger partial charge in [-0.2, -0.15) is 0 Å². The Morgan fingerprint density at radius 3 is 2.42 bits per heavy atom. The molecule has 6 heteroatoms. The van der Waals surface area contributed by atoms with Crippen molar-refractivity contribution in [1.82, 2.24) is 15.3 Å². The summed E-state index contributed by atoms with van der Waals surface area (Å²) < 4.78 is 0. The van der Waals surface area contributed by atoms with Gasteiger partial charge < -0.3 is 10.6 Å². The average molecular weight is 354 g/mol. The summed E-state index contributed by atoms with van der Waals surface area (Å²) in [6.07, 6.45) is 0.842. The number of amides is 1. The maximum atomic E-state index is 12.9. The van der Waals surface area contributed by atoms with Crippen LogP contribution >= 0.6 is 0 Å². The summed E-state index contributed by atoms with van der Waals surface area (Å²) in [5.41, 5.74) is 2.20. The van der Waals surface area contributed by atoms with E-state index in [4.69, 9.17) is 0 Å². The van der Waals surface area contributed by atoms with Crippen LogP contribution in [-0.4, -0.2) is 29.0 Å². The Kier molecular flexibility index (Phi) is 4.61. The fraction of sp³-hybridized carbons (Fsp3) is 0.450. The molecule has 0 aliphatic heterocycles. The van der Waals surface area contributed by atoms with Gasteiger partial charge in [-0.3, -0.25) is 14.6 Å². The van der Waals surface area contributed by atoms with Gasteiger partial charge in [0.25, 0.3) is 5.56 Å². The predicted octanol–water partition coefficient (Wildman–Crippen LogP) is 2.28. The third kappa shape index (κ3) is 3.36. The molecule has 0 radical (unpaired) electrons. The van der Waals surface area contributed by atoms with Crippen LogP contribution in [0.1, 0.15) is 37.1 Å². The minimum absolute atomic E-state index is 0.0525. The molecule has 1 heterocycles. The first-order valence-corrected chi connectivity index (χ1v) is 8.92. The molecule has 1 unspecified atom stereocenters. The predicted molar refractivity (Wildman–Crippen MR) is 102 cm³/mol. The number of carbonyl (C=O) groups excluding carboxylic acids is 1. The van der Waals surface area contributed by atoms with Crippen molar-refractivity contribution in [1.29, 1.82) is 0 Å². The molecule has 1 aliphatic rings. The minimum atomic E-state index is -0.462. The molecule has 6 nitrogen and oxygen atoms in total. The van der Waals surface area contributed by atoms with Gasteiger partial charge in [-0.05, 0) is 31.2 Å². The van der Waals surface area contributed by atoms with Crippen LogP contribution in [0.2, 0.25) is 0 Å². The number of carbonyl (C=O) groups is 1. The van der Waals surface area contributed by atoms with Gasteiger partial charge in [-0.15, -0.1) is 0 Å². The maximum Gasteiger partial charge on any atom is 0.252 e. The zero-order chi connectivity index (χ0) is 18.9. The van der Waals surface area contributed by atoms with Crippen LogP contribution in [0.4, 0.5) is 5.95 Å². The molecule has 0 saturated heterocycles. The lowest BCUT2D eigenvalue weighted by molar-refractivity contribution is -0.124. The van der Waals surface area contributed by atoms with Crippen LogP contribution in [0.5, 0.6) is 0 Å². The van der Waals surface area contributed by atoms with Crippen molar-refractivity contribution in [3.8, 4) is 0 Å². The van der Waals surface area contributed by atoms with Crippen molar-refractivity contribution in [2.24, 2.45) is 5.41 Å². The van der Waals surface area contributed by atoms with Crippen LogP contribution in [0, 0.1) is 19.3 Å². The number of H-pyrrole nitrogens is 1. The molecule has 0 bridgehead atoms. The molecule has 1 atom stereocenters. The van der Waals surface area contributed by atoms with E-state index in [9.17, 15) is 9.59 Å². The standard InChI is InChI=1S/C20H26N4O2/c1-13-5-7-15(8-6-13)20(12-19(20,3)4)17(26)21-9-10-22-18-23-14(2)11-16(25)24-18/h5-8,11H,9-10,12H2,1-4H3,(H,21,26)(H2,22,23,24,25). The molecule has 138 valence electrons. The van der Waals surface area contributed by atoms with Crippen molar-refractivity contribution in [3.63, 3.8) is 0 Å². The van der Waals surface area contributed by atoms with Crippen molar-refractivity contribution >= 4 is 11.9 Å². The van der Waals surface area contributed by atoms with E-state index in [0.29, 0.717) is 24.7 Å². The normalized spacial score (nSPS) is 20.5. The number of benzene rings is 1. The van der Waals surface area contributed by atoms with E-state index in [1.54, 1.807) is 6.92 Å². The van der Waals surface area contributed by atoms with Gasteiger partial charge in [0.05, 0.1) is 5.41 Å². The van der Waals surface area contributed by atoms with Gasteiger partial charge in [0.15, 0.2) is 0 Å². The van der Waals surface area contributed by atoms with Crippen molar-refractivity contribution in [2.45, 2.75) is 39.5 Å². The minimum Gasteiger partial charge on any atom is -0.354 e. The Morgan fingerprint density at radius 1 is 1.19 bits per heavy atom. The second kappa shape index (κ2) is 6.59. The second-order valence-electron chi connectivity index (χ2n) is 7.75. The van der Waals surface area contributed by atoms with E-state index < -0.39 is 5.41 Å². The third-order valence-electron chi connectivity index (χ3n) is 5.24. The number of aryl methyl sites for hydroxylation is 2. The summed E-state index contributed by atoms with van der Waals surface area (Å²) in [5.74, 6) is 0.475. The Hall–Kier alpha value is -2.63. The molecule has 1 aliphatic carbocycles. The molecule has 2 aromatic rings. The summed E-state index contributed by atoms with van der Waals surface area (Å²) in [4.78, 5) is 31.2. The number of aromatic amines is 1. The molecule has 1 amide bonds. The van der Waals surface area contributed by atoms with Crippen LogP contribution in [0.3, 0.4) is 0 Å². The lowest BCUT2D eigenvalue weighted by Crippen LogP contribution is -2.40. The molecule has 1 aromatic heterocycles. The molecule has 1 aromatic carbocycles. The lowest BCUT2D eigenvalue weighted by atomic mass is 9.86. The molecule has 1 saturated carbocycles. The lowest BCUT2D eigenvalue weighted by Gasteiger charge is -2.21. The summed E-state index contributed by atoms with van der Waals surface area (Å²) in [7, 11) is 0. The van der Waals surface area contributed by atoms with Crippen LogP contribution in [0.25, 0.3) is 0 Å². The number of anilines is 1. The first kappa shape index (κ1) is 18.2. The van der Waals surface area contributed by atoms with E-state index in [1.165, 1.54) is 11.6 Å². The van der Waals surface area contributed by atoms with Crippen LogP contribution in [-0.2, 0) is 10.2 Å². The second-order valence-corrected chi connectivity index (χ2v) is 7.75. The van der Waals surface area contributed by atoms with E-state index in [1.807, 2.05) is 6.92 Å². The molecular weight excluding hydrogens is 328 g/mol. The molecule has 3 N–H and O–H groups in total. The van der Waals surface area contributed by atoms with E-state index in [-0.39, 0.29) is 16.9 Å². The fourth-order valence-electron chi connectivity index (χ4n) is 3.64. The highest BCUT2D eigenvalue weighted by Gasteiger charge is 2.66. The highest BCUT2D eigenvalue weighted by Crippen LogP contribution is 2.64. The summed E-state index contributed by atoms with van der Waals surface area (Å²) in [6, 6.07) is 9.67. The first-order chi connectivity index (χ1) is 12.2. The molecule has 0 spiro atoms. The Labute approximate surface area is 153 Å². The van der Waals surface area contributed by atoms with Crippen molar-refractivity contribution in [3.05, 3.63) is 57.5 Å². The topological polar surface area (TPSA) is 86.9 Å². The Bertz CT molecular complexity index is 870. The smallest absolute Gasteiger partial charge is 0.252 e. The van der Waals surface area contributed by atoms with Crippen molar-refractivity contribution in [2.75, 3.05) is 18.4 Å². The molecule has 26 heavy (non-hydrogen) atoms. The third-order valence-corrected chi connectivity index (χ3v) is 5.24.